The van der Waals surface area contributed by atoms with Crippen LogP contribution in [0.3, 0.4) is 0 Å². The summed E-state index contributed by atoms with van der Waals surface area (Å²) in [5.41, 5.74) is 2.24. The van der Waals surface area contributed by atoms with Crippen molar-refractivity contribution in [2.45, 2.75) is 74.7 Å². The highest BCUT2D eigenvalue weighted by Crippen LogP contribution is 2.51. The Labute approximate surface area is 145 Å². The first-order chi connectivity index (χ1) is 11.1. The van der Waals surface area contributed by atoms with Gasteiger partial charge >= 0.3 is 0 Å². The molecule has 3 aliphatic rings. The molecule has 0 amide bonds. The minimum atomic E-state index is -1.22. The summed E-state index contributed by atoms with van der Waals surface area (Å²) < 4.78 is 19.2. The normalized spacial score (nSPS) is 40.6. The van der Waals surface area contributed by atoms with Crippen LogP contribution in [0.5, 0.6) is 0 Å². The van der Waals surface area contributed by atoms with E-state index in [0.717, 1.165) is 19.8 Å². The molecule has 0 aromatic heterocycles. The molecular weight excluding hydrogens is 320 g/mol. The van der Waals surface area contributed by atoms with E-state index in [1.807, 2.05) is 0 Å². The van der Waals surface area contributed by atoms with Crippen LogP contribution in [0.15, 0.2) is 12.3 Å². The van der Waals surface area contributed by atoms with Gasteiger partial charge in [-0.15, -0.1) is 12.3 Å². The molecular formula is C18H34O3Si2. The lowest BCUT2D eigenvalue weighted by molar-refractivity contribution is -0.149. The molecule has 0 aliphatic carbocycles. The lowest BCUT2D eigenvalue weighted by Crippen LogP contribution is -2.68. The predicted octanol–water partition coefficient (Wildman–Crippen LogP) is 3.03. The van der Waals surface area contributed by atoms with Crippen molar-refractivity contribution in [3.8, 4) is 0 Å². The summed E-state index contributed by atoms with van der Waals surface area (Å²) in [7, 11) is -2.25. The highest BCUT2D eigenvalue weighted by Gasteiger charge is 2.62. The smallest absolute Gasteiger partial charge is 0.0958 e. The Kier molecular flexibility index (Phi) is 5.53. The third-order valence-electron chi connectivity index (χ3n) is 6.55. The molecule has 3 aliphatic heterocycles. The summed E-state index contributed by atoms with van der Waals surface area (Å²) in [4.78, 5) is 0. The van der Waals surface area contributed by atoms with Gasteiger partial charge in [0.2, 0.25) is 0 Å². The van der Waals surface area contributed by atoms with Crippen molar-refractivity contribution in [3.05, 3.63) is 12.3 Å². The van der Waals surface area contributed by atoms with Gasteiger partial charge in [-0.1, -0.05) is 19.6 Å². The fourth-order valence-corrected chi connectivity index (χ4v) is 10.3. The number of hydrogen-bond acceptors (Lipinski definition) is 3. The number of epoxide rings is 1. The number of ether oxygens (including phenoxy) is 3. The number of hydrogen-bond donors (Lipinski definition) is 0. The first-order valence-corrected chi connectivity index (χ1v) is 14.9. The molecule has 0 saturated carbocycles. The summed E-state index contributed by atoms with van der Waals surface area (Å²) in [5, 5.41) is 0.0524. The van der Waals surface area contributed by atoms with Gasteiger partial charge in [0.05, 0.1) is 40.8 Å². The third kappa shape index (κ3) is 3.15. The second kappa shape index (κ2) is 7.12. The molecule has 3 saturated heterocycles. The molecule has 0 spiro atoms. The quantitative estimate of drug-likeness (QED) is 0.543. The molecule has 0 N–H and O–H groups in total. The Morgan fingerprint density at radius 2 is 1.57 bits per heavy atom. The van der Waals surface area contributed by atoms with E-state index in [4.69, 9.17) is 14.2 Å². The molecule has 5 unspecified atom stereocenters. The van der Waals surface area contributed by atoms with E-state index in [-0.39, 0.29) is 10.4 Å². The molecule has 0 aromatic rings. The van der Waals surface area contributed by atoms with Crippen LogP contribution in [0.25, 0.3) is 0 Å². The molecule has 3 fully saturated rings. The average Bonchev–Trinajstić information content (AvgIpc) is 3.40. The maximum atomic E-state index is 6.66. The minimum Gasteiger partial charge on any atom is -0.378 e. The van der Waals surface area contributed by atoms with Crippen molar-refractivity contribution < 1.29 is 14.2 Å². The monoisotopic (exact) mass is 354 g/mol. The molecule has 3 rings (SSSR count). The second-order valence-corrected chi connectivity index (χ2v) is 14.4. The molecule has 0 radical (unpaired) electrons. The van der Waals surface area contributed by atoms with Gasteiger partial charge in [0.25, 0.3) is 0 Å². The highest BCUT2D eigenvalue weighted by molar-refractivity contribution is 6.66. The van der Waals surface area contributed by atoms with Gasteiger partial charge in [0.15, 0.2) is 0 Å². The summed E-state index contributed by atoms with van der Waals surface area (Å²) in [6.07, 6.45) is 7.75. The molecule has 132 valence electrons. The van der Waals surface area contributed by atoms with Crippen LogP contribution in [0.1, 0.15) is 38.5 Å². The van der Waals surface area contributed by atoms with Crippen molar-refractivity contribution >= 4 is 17.6 Å². The highest BCUT2D eigenvalue weighted by atomic mass is 28.3. The molecule has 3 heterocycles. The van der Waals surface area contributed by atoms with Crippen LogP contribution >= 0.6 is 0 Å². The Morgan fingerprint density at radius 1 is 1.00 bits per heavy atom. The third-order valence-corrected chi connectivity index (χ3v) is 12.4. The zero-order chi connectivity index (χ0) is 16.5. The van der Waals surface area contributed by atoms with Gasteiger partial charge < -0.3 is 14.2 Å². The zero-order valence-corrected chi connectivity index (χ0v) is 17.5. The maximum Gasteiger partial charge on any atom is 0.0958 e. The standard InChI is InChI=1S/C18H34O3Si2/c1-5-23(4)18(11-7-9-13-21-18)16(15-14-19-15)17(22(2)3)10-6-8-12-20-17/h5,15-16,22-23H,1,6-14H2,2-4H3. The largest absolute Gasteiger partial charge is 0.378 e. The van der Waals surface area contributed by atoms with Gasteiger partial charge in [-0.2, -0.15) is 0 Å². The van der Waals surface area contributed by atoms with Gasteiger partial charge in [0.1, 0.15) is 0 Å². The fraction of sp³-hybridized carbons (Fsp3) is 0.889. The summed E-state index contributed by atoms with van der Waals surface area (Å²) >= 11 is 0. The van der Waals surface area contributed by atoms with Crippen molar-refractivity contribution in [2.75, 3.05) is 19.8 Å². The maximum absolute atomic E-state index is 6.66. The first kappa shape index (κ1) is 17.9. The van der Waals surface area contributed by atoms with Gasteiger partial charge in [-0.3, -0.25) is 0 Å². The Bertz CT molecular complexity index is 410. The minimum absolute atomic E-state index is 0.00419. The van der Waals surface area contributed by atoms with E-state index in [0.29, 0.717) is 12.0 Å². The molecule has 5 atom stereocenters. The van der Waals surface area contributed by atoms with Crippen LogP contribution in [0.4, 0.5) is 0 Å². The topological polar surface area (TPSA) is 31.0 Å². The van der Waals surface area contributed by atoms with Crippen LogP contribution in [-0.2, 0) is 14.2 Å². The van der Waals surface area contributed by atoms with E-state index in [9.17, 15) is 0 Å². The molecule has 5 heteroatoms. The Balaban J connectivity index is 2.02. The van der Waals surface area contributed by atoms with Crippen LogP contribution in [0, 0.1) is 5.92 Å². The zero-order valence-electron chi connectivity index (χ0n) is 15.2. The van der Waals surface area contributed by atoms with Crippen LogP contribution in [0.2, 0.25) is 19.6 Å². The van der Waals surface area contributed by atoms with Crippen molar-refractivity contribution in [2.24, 2.45) is 5.92 Å². The van der Waals surface area contributed by atoms with Crippen LogP contribution in [-0.4, -0.2) is 54.0 Å². The van der Waals surface area contributed by atoms with Gasteiger partial charge in [-0.05, 0) is 38.5 Å². The van der Waals surface area contributed by atoms with Gasteiger partial charge in [0, 0.05) is 19.1 Å². The summed E-state index contributed by atoms with van der Waals surface area (Å²) in [6, 6.07) is 0. The van der Waals surface area contributed by atoms with E-state index in [1.54, 1.807) is 0 Å². The molecule has 0 bridgehead atoms. The Morgan fingerprint density at radius 3 is 1.96 bits per heavy atom. The van der Waals surface area contributed by atoms with E-state index in [2.05, 4.69) is 31.9 Å². The predicted molar refractivity (Wildman–Crippen MR) is 100 cm³/mol. The van der Waals surface area contributed by atoms with E-state index < -0.39 is 17.6 Å². The average molecular weight is 355 g/mol. The number of rotatable bonds is 6. The molecule has 0 aromatic carbocycles. The summed E-state index contributed by atoms with van der Waals surface area (Å²) in [6.45, 7) is 14.3. The van der Waals surface area contributed by atoms with E-state index >= 15 is 0 Å². The van der Waals surface area contributed by atoms with Crippen LogP contribution < -0.4 is 0 Å². The van der Waals surface area contributed by atoms with Crippen molar-refractivity contribution in [3.63, 3.8) is 0 Å². The van der Waals surface area contributed by atoms with Gasteiger partial charge in [-0.25, -0.2) is 0 Å². The lowest BCUT2D eigenvalue weighted by atomic mass is 9.83. The second-order valence-electron chi connectivity index (χ2n) is 8.05. The molecule has 23 heavy (non-hydrogen) atoms. The fourth-order valence-electron chi connectivity index (χ4n) is 5.11. The Hall–Kier alpha value is 0.0538. The lowest BCUT2D eigenvalue weighted by Gasteiger charge is -2.56. The molecule has 3 nitrogen and oxygen atoms in total. The van der Waals surface area contributed by atoms with E-state index in [1.165, 1.54) is 38.5 Å². The summed E-state index contributed by atoms with van der Waals surface area (Å²) in [5.74, 6) is 0.432. The SMILES string of the molecule is C=C[SiH](C)C1(C(C2CO2)C2([SiH](C)C)CCCCO2)CCCCO1. The van der Waals surface area contributed by atoms with Crippen molar-refractivity contribution in [1.29, 1.82) is 0 Å². The first-order valence-electron chi connectivity index (χ1n) is 9.59. The van der Waals surface area contributed by atoms with Crippen molar-refractivity contribution in [1.82, 2.24) is 0 Å².